The van der Waals surface area contributed by atoms with Crippen LogP contribution in [-0.2, 0) is 15.1 Å². The van der Waals surface area contributed by atoms with E-state index >= 15 is 0 Å². The van der Waals surface area contributed by atoms with Gasteiger partial charge in [-0.15, -0.1) is 0 Å². The van der Waals surface area contributed by atoms with E-state index in [4.69, 9.17) is 9.47 Å². The van der Waals surface area contributed by atoms with E-state index in [1.54, 1.807) is 23.6 Å². The average Bonchev–Trinajstić information content (AvgIpc) is 2.91. The third kappa shape index (κ3) is 6.27. The Kier molecular flexibility index (Phi) is 8.12. The number of carbonyl (C=O) groups is 2. The summed E-state index contributed by atoms with van der Waals surface area (Å²) in [6, 6.07) is 18.3. The summed E-state index contributed by atoms with van der Waals surface area (Å²) in [7, 11) is 1.42. The van der Waals surface area contributed by atoms with Gasteiger partial charge in [0.1, 0.15) is 5.60 Å². The number of cyclic esters (lactones) is 1. The van der Waals surface area contributed by atoms with E-state index in [9.17, 15) is 14.7 Å². The molecule has 1 N–H and O–H groups in total. The fourth-order valence-corrected chi connectivity index (χ4v) is 5.55. The second-order valence-electron chi connectivity index (χ2n) is 11.1. The van der Waals surface area contributed by atoms with Crippen LogP contribution in [0.5, 0.6) is 0 Å². The molecule has 2 aliphatic rings. The minimum atomic E-state index is -0.837. The fraction of sp³-hybridized carbons (Fsp3) is 0.533. The second kappa shape index (κ2) is 11.1. The highest BCUT2D eigenvalue weighted by Gasteiger charge is 2.44. The van der Waals surface area contributed by atoms with E-state index in [0.29, 0.717) is 44.8 Å². The molecule has 0 radical (unpaired) electrons. The summed E-state index contributed by atoms with van der Waals surface area (Å²) in [4.78, 5) is 28.7. The van der Waals surface area contributed by atoms with Gasteiger partial charge >= 0.3 is 12.2 Å². The Morgan fingerprint density at radius 2 is 1.76 bits per heavy atom. The molecule has 37 heavy (non-hydrogen) atoms. The van der Waals surface area contributed by atoms with Crippen LogP contribution in [0.25, 0.3) is 0 Å². The lowest BCUT2D eigenvalue weighted by Gasteiger charge is -2.44. The van der Waals surface area contributed by atoms with Crippen molar-refractivity contribution in [2.45, 2.75) is 76.0 Å². The van der Waals surface area contributed by atoms with Gasteiger partial charge in [-0.1, -0.05) is 54.6 Å². The van der Waals surface area contributed by atoms with Crippen LogP contribution in [0.3, 0.4) is 0 Å². The summed E-state index contributed by atoms with van der Waals surface area (Å²) in [5.74, 6) is 0.410. The number of benzene rings is 2. The first kappa shape index (κ1) is 27.0. The number of piperidine rings is 1. The summed E-state index contributed by atoms with van der Waals surface area (Å²) in [6.07, 6.45) is 3.01. The van der Waals surface area contributed by atoms with Gasteiger partial charge in [0.2, 0.25) is 0 Å². The Hall–Kier alpha value is -3.06. The van der Waals surface area contributed by atoms with Crippen molar-refractivity contribution in [3.05, 3.63) is 71.3 Å². The van der Waals surface area contributed by atoms with Gasteiger partial charge in [-0.05, 0) is 69.1 Å². The molecule has 0 aliphatic carbocycles. The first-order valence-electron chi connectivity index (χ1n) is 13.3. The molecule has 2 heterocycles. The molecule has 2 saturated heterocycles. The quantitative estimate of drug-likeness (QED) is 0.498. The smallest absolute Gasteiger partial charge is 0.411 e. The number of likely N-dealkylation sites (tertiary alicyclic amines) is 1. The highest BCUT2D eigenvalue weighted by Crippen LogP contribution is 2.41. The van der Waals surface area contributed by atoms with Crippen LogP contribution in [0.2, 0.25) is 0 Å². The van der Waals surface area contributed by atoms with Crippen molar-refractivity contribution in [2.24, 2.45) is 0 Å². The number of aliphatic hydroxyl groups is 1. The lowest BCUT2D eigenvalue weighted by molar-refractivity contribution is -0.0767. The summed E-state index contributed by atoms with van der Waals surface area (Å²) >= 11 is 0. The number of hydrogen-bond acceptors (Lipinski definition) is 5. The molecule has 2 fully saturated rings. The molecule has 0 unspecified atom stereocenters. The lowest BCUT2D eigenvalue weighted by atomic mass is 9.82. The third-order valence-corrected chi connectivity index (χ3v) is 8.00. The maximum atomic E-state index is 13.3. The van der Waals surface area contributed by atoms with E-state index in [1.807, 2.05) is 37.3 Å². The van der Waals surface area contributed by atoms with Crippen LogP contribution in [0.4, 0.5) is 9.59 Å². The molecule has 2 aromatic carbocycles. The molecule has 0 saturated carbocycles. The van der Waals surface area contributed by atoms with Crippen molar-refractivity contribution >= 4 is 12.2 Å². The SMILES string of the molecule is COC(=O)N1CCC(c2ccc([C@H](C)N3CC[C@](CCC(C)(C)O)(c4ccccc4)OC3=O)cc2)CC1. The van der Waals surface area contributed by atoms with Crippen molar-refractivity contribution in [1.29, 1.82) is 0 Å². The summed E-state index contributed by atoms with van der Waals surface area (Å²) in [6.45, 7) is 7.59. The molecule has 4 rings (SSSR count). The van der Waals surface area contributed by atoms with Crippen molar-refractivity contribution < 1.29 is 24.2 Å². The monoisotopic (exact) mass is 508 g/mol. The largest absolute Gasteiger partial charge is 0.453 e. The van der Waals surface area contributed by atoms with E-state index < -0.39 is 11.2 Å². The zero-order valence-corrected chi connectivity index (χ0v) is 22.5. The molecule has 7 nitrogen and oxygen atoms in total. The summed E-state index contributed by atoms with van der Waals surface area (Å²) in [5, 5.41) is 10.4. The maximum Gasteiger partial charge on any atom is 0.411 e. The molecule has 0 bridgehead atoms. The van der Waals surface area contributed by atoms with Crippen LogP contribution >= 0.6 is 0 Å². The van der Waals surface area contributed by atoms with Gasteiger partial charge < -0.3 is 24.4 Å². The first-order chi connectivity index (χ1) is 17.6. The molecule has 2 aromatic rings. The van der Waals surface area contributed by atoms with Crippen LogP contribution in [0.15, 0.2) is 54.6 Å². The second-order valence-corrected chi connectivity index (χ2v) is 11.1. The standard InChI is InChI=1S/C30H40N2O5/c1-22(23-10-12-24(13-11-23)25-14-19-31(20-15-25)27(33)36-4)32-21-18-30(37-28(32)34,17-16-29(2,3)35)26-8-6-5-7-9-26/h5-13,22,25,35H,14-21H2,1-4H3/t22-,30+/m0/s1. The van der Waals surface area contributed by atoms with E-state index in [1.165, 1.54) is 12.7 Å². The highest BCUT2D eigenvalue weighted by molar-refractivity contribution is 5.70. The van der Waals surface area contributed by atoms with Gasteiger partial charge in [-0.3, -0.25) is 0 Å². The first-order valence-corrected chi connectivity index (χ1v) is 13.3. The van der Waals surface area contributed by atoms with Crippen molar-refractivity contribution in [2.75, 3.05) is 26.7 Å². The molecule has 2 amide bonds. The van der Waals surface area contributed by atoms with Gasteiger partial charge in [0, 0.05) is 26.1 Å². The third-order valence-electron chi connectivity index (χ3n) is 8.00. The Labute approximate surface area is 220 Å². The van der Waals surface area contributed by atoms with Crippen LogP contribution in [0.1, 0.15) is 81.5 Å². The highest BCUT2D eigenvalue weighted by atomic mass is 16.6. The summed E-state index contributed by atoms with van der Waals surface area (Å²) < 4.78 is 11.0. The van der Waals surface area contributed by atoms with Crippen LogP contribution < -0.4 is 0 Å². The number of methoxy groups -OCH3 is 1. The number of carbonyl (C=O) groups excluding carboxylic acids is 2. The molecular formula is C30H40N2O5. The predicted molar refractivity (Wildman–Crippen MR) is 142 cm³/mol. The number of ether oxygens (including phenoxy) is 2. The molecule has 0 aromatic heterocycles. The maximum absolute atomic E-state index is 13.3. The van der Waals surface area contributed by atoms with Crippen molar-refractivity contribution in [1.82, 2.24) is 9.80 Å². The van der Waals surface area contributed by atoms with Gasteiger partial charge in [0.05, 0.1) is 18.8 Å². The Bertz CT molecular complexity index is 1060. The van der Waals surface area contributed by atoms with Gasteiger partial charge in [-0.2, -0.15) is 0 Å². The van der Waals surface area contributed by atoms with E-state index in [0.717, 1.165) is 24.0 Å². The zero-order valence-electron chi connectivity index (χ0n) is 22.5. The van der Waals surface area contributed by atoms with Crippen molar-refractivity contribution in [3.8, 4) is 0 Å². The Morgan fingerprint density at radius 1 is 1.11 bits per heavy atom. The molecule has 0 spiro atoms. The van der Waals surface area contributed by atoms with Gasteiger partial charge in [-0.25, -0.2) is 9.59 Å². The fourth-order valence-electron chi connectivity index (χ4n) is 5.55. The minimum absolute atomic E-state index is 0.120. The Balaban J connectivity index is 1.42. The summed E-state index contributed by atoms with van der Waals surface area (Å²) in [5.41, 5.74) is 1.73. The van der Waals surface area contributed by atoms with Crippen molar-refractivity contribution in [3.63, 3.8) is 0 Å². The normalized spacial score (nSPS) is 21.9. The zero-order chi connectivity index (χ0) is 26.6. The molecular weight excluding hydrogens is 468 g/mol. The van der Waals surface area contributed by atoms with Gasteiger partial charge in [0.15, 0.2) is 0 Å². The number of hydrogen-bond donors (Lipinski definition) is 1. The number of nitrogens with zero attached hydrogens (tertiary/aromatic N) is 2. The lowest BCUT2D eigenvalue weighted by Crippen LogP contribution is -2.49. The predicted octanol–water partition coefficient (Wildman–Crippen LogP) is 5.98. The average molecular weight is 509 g/mol. The minimum Gasteiger partial charge on any atom is -0.453 e. The molecule has 2 atom stereocenters. The molecule has 200 valence electrons. The number of rotatable bonds is 7. The Morgan fingerprint density at radius 3 is 2.32 bits per heavy atom. The van der Waals surface area contributed by atoms with E-state index in [2.05, 4.69) is 24.3 Å². The van der Waals surface area contributed by atoms with E-state index in [-0.39, 0.29) is 18.2 Å². The van der Waals surface area contributed by atoms with Crippen LogP contribution in [-0.4, -0.2) is 59.4 Å². The number of amides is 2. The molecule has 7 heteroatoms. The topological polar surface area (TPSA) is 79.3 Å². The van der Waals surface area contributed by atoms with Gasteiger partial charge in [0.25, 0.3) is 0 Å². The molecule has 2 aliphatic heterocycles. The van der Waals surface area contributed by atoms with Crippen LogP contribution in [0, 0.1) is 0 Å².